The second-order valence-electron chi connectivity index (χ2n) is 4.74. The molecule has 0 saturated heterocycles. The molecule has 0 radical (unpaired) electrons. The van der Waals surface area contributed by atoms with Gasteiger partial charge < -0.3 is 0 Å². The van der Waals surface area contributed by atoms with E-state index in [0.29, 0.717) is 0 Å². The summed E-state index contributed by atoms with van der Waals surface area (Å²) < 4.78 is 78.9. The number of hydrogen-bond acceptors (Lipinski definition) is 0. The van der Waals surface area contributed by atoms with Gasteiger partial charge in [-0.15, -0.1) is 33.2 Å². The van der Waals surface area contributed by atoms with Crippen LogP contribution in [0.25, 0.3) is 0 Å². The Kier molecular flexibility index (Phi) is 7.53. The van der Waals surface area contributed by atoms with Crippen molar-refractivity contribution in [3.63, 3.8) is 0 Å². The summed E-state index contributed by atoms with van der Waals surface area (Å²) in [4.78, 5) is 0. The van der Waals surface area contributed by atoms with Crippen molar-refractivity contribution in [2.75, 3.05) is 0 Å². The second kappa shape index (κ2) is 7.29. The Balaban J connectivity index is 4.43. The number of halogens is 9. The van der Waals surface area contributed by atoms with E-state index in [0.717, 1.165) is 6.92 Å². The van der Waals surface area contributed by atoms with Crippen LogP contribution in [0.3, 0.4) is 0 Å². The van der Waals surface area contributed by atoms with E-state index in [9.17, 15) is 26.3 Å². The standard InChI is InChI=1S/C10H15Cl3F6Si/c1-2-8(14,15)6-10(18,19)7-9(16,17)4-3-5-20(11,12)13/h2-7H2,1H3. The lowest BCUT2D eigenvalue weighted by Gasteiger charge is -2.26. The van der Waals surface area contributed by atoms with Crippen molar-refractivity contribution in [3.8, 4) is 0 Å². The average Bonchev–Trinajstić information content (AvgIpc) is 2.10. The summed E-state index contributed by atoms with van der Waals surface area (Å²) in [5, 5.41) is 0. The van der Waals surface area contributed by atoms with Crippen LogP contribution in [-0.4, -0.2) is 23.8 Å². The molecule has 0 aromatic carbocycles. The van der Waals surface area contributed by atoms with Gasteiger partial charge in [0, 0.05) is 12.8 Å². The lowest BCUT2D eigenvalue weighted by Crippen LogP contribution is -2.35. The van der Waals surface area contributed by atoms with Crippen molar-refractivity contribution < 1.29 is 26.3 Å². The molecule has 0 amide bonds. The molecule has 0 N–H and O–H groups in total. The van der Waals surface area contributed by atoms with Gasteiger partial charge in [-0.25, -0.2) is 26.3 Å². The molecule has 0 aliphatic rings. The van der Waals surface area contributed by atoms with Crippen LogP contribution in [0.4, 0.5) is 26.3 Å². The molecule has 0 bridgehead atoms. The Morgan fingerprint density at radius 3 is 1.65 bits per heavy atom. The van der Waals surface area contributed by atoms with E-state index >= 15 is 0 Å². The largest absolute Gasteiger partial charge is 0.341 e. The van der Waals surface area contributed by atoms with Gasteiger partial charge in [0.2, 0.25) is 0 Å². The summed E-state index contributed by atoms with van der Waals surface area (Å²) in [6.45, 7) is 1.01. The SMILES string of the molecule is CCC(F)(F)CC(F)(F)CC(F)(F)CCC[Si](Cl)(Cl)Cl. The lowest BCUT2D eigenvalue weighted by molar-refractivity contribution is -0.158. The fourth-order valence-corrected chi connectivity index (χ4v) is 3.36. The minimum absolute atomic E-state index is 0.0933. The zero-order chi connectivity index (χ0) is 16.2. The average molecular weight is 384 g/mol. The number of alkyl halides is 6. The zero-order valence-electron chi connectivity index (χ0n) is 10.6. The molecule has 0 aliphatic heterocycles. The van der Waals surface area contributed by atoms with Crippen LogP contribution >= 0.6 is 33.2 Å². The van der Waals surface area contributed by atoms with Crippen LogP contribution in [0.1, 0.15) is 39.0 Å². The van der Waals surface area contributed by atoms with Crippen LogP contribution < -0.4 is 0 Å². The van der Waals surface area contributed by atoms with Gasteiger partial charge in [0.1, 0.15) is 0 Å². The summed E-state index contributed by atoms with van der Waals surface area (Å²) in [5.74, 6) is -11.6. The smallest absolute Gasteiger partial charge is 0.207 e. The minimum Gasteiger partial charge on any atom is -0.207 e. The van der Waals surface area contributed by atoms with Crippen molar-refractivity contribution in [1.29, 1.82) is 0 Å². The highest BCUT2D eigenvalue weighted by molar-refractivity contribution is 7.64. The zero-order valence-corrected chi connectivity index (χ0v) is 13.9. The van der Waals surface area contributed by atoms with E-state index in [1.54, 1.807) is 0 Å². The maximum atomic E-state index is 13.3. The third-order valence-electron chi connectivity index (χ3n) is 2.55. The lowest BCUT2D eigenvalue weighted by atomic mass is 9.99. The van der Waals surface area contributed by atoms with Crippen molar-refractivity contribution >= 4 is 39.2 Å². The maximum Gasteiger partial charge on any atom is 0.341 e. The van der Waals surface area contributed by atoms with Gasteiger partial charge in [-0.05, 0) is 12.5 Å². The molecule has 0 rings (SSSR count). The van der Waals surface area contributed by atoms with E-state index in [-0.39, 0.29) is 12.5 Å². The third-order valence-corrected chi connectivity index (χ3v) is 5.18. The molecular weight excluding hydrogens is 369 g/mol. The van der Waals surface area contributed by atoms with Crippen molar-refractivity contribution in [2.24, 2.45) is 0 Å². The highest BCUT2D eigenvalue weighted by Gasteiger charge is 2.48. The van der Waals surface area contributed by atoms with Gasteiger partial charge in [-0.3, -0.25) is 0 Å². The summed E-state index contributed by atoms with van der Waals surface area (Å²) in [6.07, 6.45) is -5.79. The molecule has 0 nitrogen and oxygen atoms in total. The van der Waals surface area contributed by atoms with Gasteiger partial charge in [-0.1, -0.05) is 6.92 Å². The maximum absolute atomic E-state index is 13.3. The molecule has 0 spiro atoms. The molecule has 0 aliphatic carbocycles. The van der Waals surface area contributed by atoms with Crippen LogP contribution in [0.2, 0.25) is 6.04 Å². The molecule has 0 saturated carbocycles. The monoisotopic (exact) mass is 382 g/mol. The molecule has 20 heavy (non-hydrogen) atoms. The van der Waals surface area contributed by atoms with Gasteiger partial charge >= 0.3 is 6.00 Å². The Bertz CT molecular complexity index is 306. The van der Waals surface area contributed by atoms with E-state index in [4.69, 9.17) is 33.2 Å². The first kappa shape index (κ1) is 20.7. The molecule has 0 heterocycles. The fraction of sp³-hybridized carbons (Fsp3) is 1.00. The van der Waals surface area contributed by atoms with Crippen molar-refractivity contribution in [3.05, 3.63) is 0 Å². The van der Waals surface area contributed by atoms with Gasteiger partial charge in [0.05, 0.1) is 12.8 Å². The third kappa shape index (κ3) is 10.4. The molecule has 0 fully saturated rings. The molecule has 0 unspecified atom stereocenters. The molecule has 0 aromatic heterocycles. The summed E-state index contributed by atoms with van der Waals surface area (Å²) in [5.41, 5.74) is 0. The van der Waals surface area contributed by atoms with Gasteiger partial charge in [-0.2, -0.15) is 0 Å². The Morgan fingerprint density at radius 1 is 0.800 bits per heavy atom. The van der Waals surface area contributed by atoms with Crippen molar-refractivity contribution in [1.82, 2.24) is 0 Å². The number of hydrogen-bond donors (Lipinski definition) is 0. The van der Waals surface area contributed by atoms with Crippen LogP contribution in [0.15, 0.2) is 0 Å². The first-order valence-electron chi connectivity index (χ1n) is 5.88. The predicted molar refractivity (Wildman–Crippen MR) is 71.7 cm³/mol. The Morgan fingerprint density at radius 2 is 1.25 bits per heavy atom. The molecular formula is C10H15Cl3F6Si. The number of rotatable bonds is 9. The first-order chi connectivity index (χ1) is 8.68. The van der Waals surface area contributed by atoms with E-state index in [1.807, 2.05) is 0 Å². The van der Waals surface area contributed by atoms with Crippen LogP contribution in [-0.2, 0) is 0 Å². The summed E-state index contributed by atoms with van der Waals surface area (Å²) in [7, 11) is 0. The second-order valence-corrected chi connectivity index (χ2v) is 14.0. The van der Waals surface area contributed by atoms with Crippen molar-refractivity contribution in [2.45, 2.75) is 62.8 Å². The topological polar surface area (TPSA) is 0 Å². The van der Waals surface area contributed by atoms with E-state index in [1.165, 1.54) is 0 Å². The molecule has 10 heteroatoms. The summed E-state index contributed by atoms with van der Waals surface area (Å²) >= 11 is 16.4. The van der Waals surface area contributed by atoms with E-state index in [2.05, 4.69) is 0 Å². The van der Waals surface area contributed by atoms with E-state index < -0.39 is 49.5 Å². The summed E-state index contributed by atoms with van der Waals surface area (Å²) in [6, 6.07) is -3.18. The predicted octanol–water partition coefficient (Wildman–Crippen LogP) is 6.52. The highest BCUT2D eigenvalue weighted by Crippen LogP contribution is 2.41. The molecule has 0 aromatic rings. The normalized spacial score (nSPS) is 14.7. The van der Waals surface area contributed by atoms with Crippen LogP contribution in [0.5, 0.6) is 0 Å². The highest BCUT2D eigenvalue weighted by atomic mass is 35.8. The van der Waals surface area contributed by atoms with Crippen LogP contribution in [0, 0.1) is 0 Å². The van der Waals surface area contributed by atoms with Gasteiger partial charge in [0.15, 0.2) is 0 Å². The fourth-order valence-electron chi connectivity index (χ4n) is 1.58. The minimum atomic E-state index is -4.14. The first-order valence-corrected chi connectivity index (χ1v) is 11.1. The van der Waals surface area contributed by atoms with Gasteiger partial charge in [0.25, 0.3) is 17.8 Å². The molecule has 0 atom stereocenters. The molecule has 122 valence electrons. The quantitative estimate of drug-likeness (QED) is 0.241. The Hall–Kier alpha value is 0.667. The Labute approximate surface area is 128 Å².